The molecule has 0 saturated carbocycles. The molecule has 3 rings (SSSR count). The van der Waals surface area contributed by atoms with E-state index in [1.54, 1.807) is 23.1 Å². The van der Waals surface area contributed by atoms with Gasteiger partial charge in [-0.25, -0.2) is 0 Å². The summed E-state index contributed by atoms with van der Waals surface area (Å²) in [5.41, 5.74) is 1.72. The van der Waals surface area contributed by atoms with Crippen molar-refractivity contribution in [1.29, 1.82) is 0 Å². The summed E-state index contributed by atoms with van der Waals surface area (Å²) in [7, 11) is 0. The quantitative estimate of drug-likeness (QED) is 0.247. The molecule has 1 aliphatic rings. The van der Waals surface area contributed by atoms with E-state index in [4.69, 9.17) is 17.0 Å². The maximum atomic E-state index is 12.3. The number of halogens is 1. The van der Waals surface area contributed by atoms with Gasteiger partial charge in [-0.05, 0) is 64.3 Å². The molecular weight excluding hydrogens is 464 g/mol. The van der Waals surface area contributed by atoms with Gasteiger partial charge in [0, 0.05) is 18.7 Å². The third-order valence-corrected chi connectivity index (χ3v) is 5.98. The Morgan fingerprint density at radius 1 is 1.29 bits per heavy atom. The minimum Gasteiger partial charge on any atom is -0.488 e. The Kier molecular flexibility index (Phi) is 6.48. The molecule has 2 aromatic rings. The Morgan fingerprint density at radius 3 is 2.57 bits per heavy atom. The fourth-order valence-corrected chi connectivity index (χ4v) is 4.42. The number of nitro benzene ring substituents is 1. The number of non-ortho nitro benzene ring substituents is 1. The first-order chi connectivity index (χ1) is 13.4. The van der Waals surface area contributed by atoms with E-state index < -0.39 is 4.92 Å². The largest absolute Gasteiger partial charge is 0.488 e. The second-order valence-corrected chi connectivity index (χ2v) is 8.36. The SMILES string of the molecule is CCN1C(=O)C(=Cc2ccc(OCc3ccc([N+](=O)[O-])cc3)c(Br)c2)SC1=S. The smallest absolute Gasteiger partial charge is 0.269 e. The highest BCUT2D eigenvalue weighted by Gasteiger charge is 2.30. The minimum atomic E-state index is -0.436. The van der Waals surface area contributed by atoms with Crippen LogP contribution in [0.15, 0.2) is 51.8 Å². The van der Waals surface area contributed by atoms with Gasteiger partial charge < -0.3 is 4.74 Å². The molecule has 0 radical (unpaired) electrons. The topological polar surface area (TPSA) is 72.7 Å². The highest BCUT2D eigenvalue weighted by molar-refractivity contribution is 9.10. The maximum absolute atomic E-state index is 12.3. The van der Waals surface area contributed by atoms with Crippen molar-refractivity contribution in [3.63, 3.8) is 0 Å². The lowest BCUT2D eigenvalue weighted by Gasteiger charge is -2.10. The second-order valence-electron chi connectivity index (χ2n) is 5.83. The number of carbonyl (C=O) groups is 1. The van der Waals surface area contributed by atoms with Crippen LogP contribution in [0, 0.1) is 10.1 Å². The van der Waals surface area contributed by atoms with Gasteiger partial charge in [-0.1, -0.05) is 30.0 Å². The van der Waals surface area contributed by atoms with E-state index in [-0.39, 0.29) is 18.2 Å². The molecule has 28 heavy (non-hydrogen) atoms. The molecule has 1 fully saturated rings. The fraction of sp³-hybridized carbons (Fsp3) is 0.158. The van der Waals surface area contributed by atoms with E-state index in [9.17, 15) is 14.9 Å². The Labute approximate surface area is 179 Å². The number of nitro groups is 1. The summed E-state index contributed by atoms with van der Waals surface area (Å²) in [5.74, 6) is 0.559. The lowest BCUT2D eigenvalue weighted by Crippen LogP contribution is -2.27. The average molecular weight is 479 g/mol. The van der Waals surface area contributed by atoms with Gasteiger partial charge in [0.1, 0.15) is 16.7 Å². The van der Waals surface area contributed by atoms with E-state index >= 15 is 0 Å². The predicted octanol–water partition coefficient (Wildman–Crippen LogP) is 5.16. The van der Waals surface area contributed by atoms with Gasteiger partial charge in [0.05, 0.1) is 14.3 Å². The standard InChI is InChI=1S/C19H15BrN2O4S2/c1-2-21-18(23)17(28-19(21)27)10-13-5-8-16(15(20)9-13)26-11-12-3-6-14(7-4-12)22(24)25/h3-10H,2,11H2,1H3. The first-order valence-corrected chi connectivity index (χ1v) is 10.3. The molecule has 0 aromatic heterocycles. The van der Waals surface area contributed by atoms with E-state index in [2.05, 4.69) is 15.9 Å². The zero-order chi connectivity index (χ0) is 20.3. The number of amides is 1. The van der Waals surface area contributed by atoms with Crippen molar-refractivity contribution in [3.05, 3.63) is 73.1 Å². The number of likely N-dealkylation sites (N-methyl/N-ethyl adjacent to an activating group) is 1. The molecule has 144 valence electrons. The lowest BCUT2D eigenvalue weighted by atomic mass is 10.2. The van der Waals surface area contributed by atoms with Crippen LogP contribution in [0.2, 0.25) is 0 Å². The molecule has 1 heterocycles. The first-order valence-electron chi connectivity index (χ1n) is 8.30. The number of thiocarbonyl (C=S) groups is 1. The van der Waals surface area contributed by atoms with Gasteiger partial charge in [0.15, 0.2) is 0 Å². The molecule has 0 unspecified atom stereocenters. The number of thioether (sulfide) groups is 1. The molecule has 2 aromatic carbocycles. The first kappa shape index (κ1) is 20.5. The predicted molar refractivity (Wildman–Crippen MR) is 117 cm³/mol. The van der Waals surface area contributed by atoms with Crippen molar-refractivity contribution in [2.24, 2.45) is 0 Å². The van der Waals surface area contributed by atoms with E-state index in [0.717, 1.165) is 15.6 Å². The van der Waals surface area contributed by atoms with Gasteiger partial charge in [0.25, 0.3) is 11.6 Å². The Balaban J connectivity index is 1.69. The summed E-state index contributed by atoms with van der Waals surface area (Å²) in [6, 6.07) is 11.7. The van der Waals surface area contributed by atoms with Crippen LogP contribution in [-0.2, 0) is 11.4 Å². The number of nitrogens with zero attached hydrogens (tertiary/aromatic N) is 2. The summed E-state index contributed by atoms with van der Waals surface area (Å²) >= 11 is 10.00. The highest BCUT2D eigenvalue weighted by Crippen LogP contribution is 2.34. The minimum absolute atomic E-state index is 0.0442. The zero-order valence-electron chi connectivity index (χ0n) is 14.8. The molecule has 0 atom stereocenters. The van der Waals surface area contributed by atoms with Gasteiger partial charge in [-0.3, -0.25) is 19.8 Å². The summed E-state index contributed by atoms with van der Waals surface area (Å²) in [6.45, 7) is 2.73. The van der Waals surface area contributed by atoms with Crippen molar-refractivity contribution in [2.45, 2.75) is 13.5 Å². The fourth-order valence-electron chi connectivity index (χ4n) is 2.52. The zero-order valence-corrected chi connectivity index (χ0v) is 18.0. The van der Waals surface area contributed by atoms with Gasteiger partial charge in [-0.15, -0.1) is 0 Å². The molecule has 0 bridgehead atoms. The summed E-state index contributed by atoms with van der Waals surface area (Å²) in [5, 5.41) is 10.7. The Morgan fingerprint density at radius 2 is 2.00 bits per heavy atom. The maximum Gasteiger partial charge on any atom is 0.269 e. The van der Waals surface area contributed by atoms with E-state index in [0.29, 0.717) is 21.5 Å². The number of ether oxygens (including phenoxy) is 1. The van der Waals surface area contributed by atoms with Crippen molar-refractivity contribution in [1.82, 2.24) is 4.90 Å². The number of benzene rings is 2. The van der Waals surface area contributed by atoms with E-state index in [1.807, 2.05) is 25.1 Å². The lowest BCUT2D eigenvalue weighted by molar-refractivity contribution is -0.384. The van der Waals surface area contributed by atoms with Crippen LogP contribution in [0.3, 0.4) is 0 Å². The number of hydrogen-bond donors (Lipinski definition) is 0. The summed E-state index contributed by atoms with van der Waals surface area (Å²) < 4.78 is 7.10. The van der Waals surface area contributed by atoms with Gasteiger partial charge in [0.2, 0.25) is 0 Å². The normalized spacial score (nSPS) is 15.4. The Bertz CT molecular complexity index is 976. The number of hydrogen-bond acceptors (Lipinski definition) is 6. The molecular formula is C19H15BrN2O4S2. The molecule has 1 saturated heterocycles. The average Bonchev–Trinajstić information content (AvgIpc) is 2.94. The van der Waals surface area contributed by atoms with Crippen LogP contribution < -0.4 is 4.74 Å². The molecule has 1 aliphatic heterocycles. The van der Waals surface area contributed by atoms with Crippen LogP contribution in [0.4, 0.5) is 5.69 Å². The van der Waals surface area contributed by atoms with Crippen molar-refractivity contribution >= 4 is 61.9 Å². The van der Waals surface area contributed by atoms with Crippen molar-refractivity contribution in [3.8, 4) is 5.75 Å². The van der Waals surface area contributed by atoms with Gasteiger partial charge >= 0.3 is 0 Å². The van der Waals surface area contributed by atoms with E-state index in [1.165, 1.54) is 23.9 Å². The van der Waals surface area contributed by atoms with Crippen LogP contribution in [0.5, 0.6) is 5.75 Å². The third kappa shape index (κ3) is 4.60. The number of carbonyl (C=O) groups excluding carboxylic acids is 1. The van der Waals surface area contributed by atoms with Crippen LogP contribution in [0.25, 0.3) is 6.08 Å². The van der Waals surface area contributed by atoms with Crippen molar-refractivity contribution in [2.75, 3.05) is 6.54 Å². The van der Waals surface area contributed by atoms with Crippen LogP contribution in [0.1, 0.15) is 18.1 Å². The molecule has 0 N–H and O–H groups in total. The third-order valence-electron chi connectivity index (χ3n) is 3.99. The van der Waals surface area contributed by atoms with Crippen LogP contribution in [-0.4, -0.2) is 26.6 Å². The Hall–Kier alpha value is -2.23. The second kappa shape index (κ2) is 8.85. The number of rotatable bonds is 6. The molecule has 9 heteroatoms. The summed E-state index contributed by atoms with van der Waals surface area (Å²) in [6.07, 6.45) is 1.81. The monoisotopic (exact) mass is 478 g/mol. The molecule has 0 aliphatic carbocycles. The van der Waals surface area contributed by atoms with Crippen LogP contribution >= 0.6 is 39.9 Å². The van der Waals surface area contributed by atoms with Gasteiger partial charge in [-0.2, -0.15) is 0 Å². The summed E-state index contributed by atoms with van der Waals surface area (Å²) in [4.78, 5) is 24.7. The van der Waals surface area contributed by atoms with Crippen molar-refractivity contribution < 1.29 is 14.5 Å². The molecule has 1 amide bonds. The molecule has 0 spiro atoms. The highest BCUT2D eigenvalue weighted by atomic mass is 79.9. The molecule has 6 nitrogen and oxygen atoms in total.